The molecule has 0 amide bonds. The first-order valence-electron chi connectivity index (χ1n) is 9.24. The summed E-state index contributed by atoms with van der Waals surface area (Å²) in [6.45, 7) is 7.80. The maximum Gasteiger partial charge on any atom is 0.241 e. The standard InChI is InChI=1S/C18H24ClN5O2/c19-17-15(4-1-5-20-17)18-21-16(26-22-18)13-24-6-2-3-14(12-24)11-23-7-9-25-10-8-23/h1,4-5,14H,2-3,6-13H2/t14-/m1/s1. The normalized spacial score (nSPS) is 22.6. The molecule has 0 N–H and O–H groups in total. The highest BCUT2D eigenvalue weighted by Crippen LogP contribution is 2.24. The van der Waals surface area contributed by atoms with Gasteiger partial charge in [-0.25, -0.2) is 4.98 Å². The topological polar surface area (TPSA) is 67.5 Å². The third kappa shape index (κ3) is 4.40. The van der Waals surface area contributed by atoms with Crippen LogP contribution in [0.2, 0.25) is 5.15 Å². The van der Waals surface area contributed by atoms with Gasteiger partial charge in [0.15, 0.2) is 0 Å². The maximum atomic E-state index is 6.11. The van der Waals surface area contributed by atoms with Crippen molar-refractivity contribution in [2.75, 3.05) is 45.9 Å². The van der Waals surface area contributed by atoms with Crippen molar-refractivity contribution in [3.8, 4) is 11.4 Å². The summed E-state index contributed by atoms with van der Waals surface area (Å²) in [4.78, 5) is 13.5. The molecule has 2 fully saturated rings. The molecule has 0 bridgehead atoms. The molecule has 2 aliphatic heterocycles. The van der Waals surface area contributed by atoms with Gasteiger partial charge in [-0.1, -0.05) is 16.8 Å². The van der Waals surface area contributed by atoms with Crippen LogP contribution < -0.4 is 0 Å². The first-order chi connectivity index (χ1) is 12.8. The van der Waals surface area contributed by atoms with Crippen LogP contribution >= 0.6 is 11.6 Å². The van der Waals surface area contributed by atoms with E-state index in [2.05, 4.69) is 24.9 Å². The zero-order valence-corrected chi connectivity index (χ0v) is 15.6. The summed E-state index contributed by atoms with van der Waals surface area (Å²) < 4.78 is 10.9. The summed E-state index contributed by atoms with van der Waals surface area (Å²) in [6, 6.07) is 3.67. The van der Waals surface area contributed by atoms with Crippen LogP contribution in [0.1, 0.15) is 18.7 Å². The van der Waals surface area contributed by atoms with Gasteiger partial charge in [-0.2, -0.15) is 4.98 Å². The Bertz CT molecular complexity index is 719. The number of halogens is 1. The molecule has 1 atom stereocenters. The first kappa shape index (κ1) is 17.9. The number of hydrogen-bond donors (Lipinski definition) is 0. The summed E-state index contributed by atoms with van der Waals surface area (Å²) in [6.07, 6.45) is 4.15. The van der Waals surface area contributed by atoms with Gasteiger partial charge in [0.25, 0.3) is 0 Å². The molecule has 2 aromatic heterocycles. The van der Waals surface area contributed by atoms with Gasteiger partial charge < -0.3 is 9.26 Å². The SMILES string of the molecule is Clc1ncccc1-c1noc(CN2CCC[C@H](CN3CCOCC3)C2)n1. The number of nitrogens with zero attached hydrogens (tertiary/aromatic N) is 5. The third-order valence-electron chi connectivity index (χ3n) is 5.05. The fourth-order valence-electron chi connectivity index (χ4n) is 3.77. The van der Waals surface area contributed by atoms with Gasteiger partial charge in [0.05, 0.1) is 25.3 Å². The highest BCUT2D eigenvalue weighted by atomic mass is 35.5. The molecule has 4 heterocycles. The summed E-state index contributed by atoms with van der Waals surface area (Å²) in [5, 5.41) is 4.46. The fourth-order valence-corrected chi connectivity index (χ4v) is 3.97. The average molecular weight is 378 g/mol. The van der Waals surface area contributed by atoms with Crippen molar-refractivity contribution in [2.24, 2.45) is 5.92 Å². The van der Waals surface area contributed by atoms with Crippen molar-refractivity contribution < 1.29 is 9.26 Å². The Balaban J connectivity index is 1.34. The summed E-state index contributed by atoms with van der Waals surface area (Å²) in [5.41, 5.74) is 0.702. The van der Waals surface area contributed by atoms with Gasteiger partial charge in [0.1, 0.15) is 5.15 Å². The number of hydrogen-bond acceptors (Lipinski definition) is 7. The number of ether oxygens (including phenoxy) is 1. The monoisotopic (exact) mass is 377 g/mol. The highest BCUT2D eigenvalue weighted by Gasteiger charge is 2.24. The van der Waals surface area contributed by atoms with E-state index in [1.54, 1.807) is 6.20 Å². The Labute approximate surface area is 158 Å². The Morgan fingerprint density at radius 2 is 2.08 bits per heavy atom. The molecule has 0 unspecified atom stereocenters. The van der Waals surface area contributed by atoms with Crippen LogP contribution in [-0.4, -0.2) is 70.9 Å². The molecule has 7 nitrogen and oxygen atoms in total. The molecule has 140 valence electrons. The van der Waals surface area contributed by atoms with Crippen molar-refractivity contribution in [3.63, 3.8) is 0 Å². The van der Waals surface area contributed by atoms with E-state index in [9.17, 15) is 0 Å². The molecule has 4 rings (SSSR count). The summed E-state index contributed by atoms with van der Waals surface area (Å²) in [5.74, 6) is 1.82. The lowest BCUT2D eigenvalue weighted by Gasteiger charge is -2.36. The highest BCUT2D eigenvalue weighted by molar-refractivity contribution is 6.31. The van der Waals surface area contributed by atoms with Crippen LogP contribution in [0.15, 0.2) is 22.9 Å². The Morgan fingerprint density at radius 3 is 2.92 bits per heavy atom. The molecular weight excluding hydrogens is 354 g/mol. The Morgan fingerprint density at radius 1 is 1.19 bits per heavy atom. The van der Waals surface area contributed by atoms with E-state index < -0.39 is 0 Å². The van der Waals surface area contributed by atoms with Crippen LogP contribution in [-0.2, 0) is 11.3 Å². The lowest BCUT2D eigenvalue weighted by molar-refractivity contribution is 0.0218. The van der Waals surface area contributed by atoms with Crippen LogP contribution in [0.25, 0.3) is 11.4 Å². The number of likely N-dealkylation sites (tertiary alicyclic amines) is 1. The molecule has 8 heteroatoms. The van der Waals surface area contributed by atoms with Crippen LogP contribution in [0.5, 0.6) is 0 Å². The first-order valence-corrected chi connectivity index (χ1v) is 9.61. The van der Waals surface area contributed by atoms with Gasteiger partial charge >= 0.3 is 0 Å². The largest absolute Gasteiger partial charge is 0.379 e. The predicted octanol–water partition coefficient (Wildman–Crippen LogP) is 2.33. The minimum atomic E-state index is 0.392. The molecule has 0 saturated carbocycles. The molecule has 0 spiro atoms. The quantitative estimate of drug-likeness (QED) is 0.741. The number of aromatic nitrogens is 3. The van der Waals surface area contributed by atoms with Crippen LogP contribution in [0.3, 0.4) is 0 Å². The summed E-state index contributed by atoms with van der Waals surface area (Å²) in [7, 11) is 0. The van der Waals surface area contributed by atoms with Crippen LogP contribution in [0, 0.1) is 5.92 Å². The molecule has 0 aromatic carbocycles. The molecule has 2 aromatic rings. The Hall–Kier alpha value is -1.54. The number of morpholine rings is 1. The van der Waals surface area contributed by atoms with E-state index in [1.807, 2.05) is 12.1 Å². The minimum absolute atomic E-state index is 0.392. The maximum absolute atomic E-state index is 6.11. The van der Waals surface area contributed by atoms with E-state index in [-0.39, 0.29) is 0 Å². The van der Waals surface area contributed by atoms with E-state index in [0.29, 0.717) is 34.9 Å². The number of pyridine rings is 1. The van der Waals surface area contributed by atoms with Gasteiger partial charge in [0.2, 0.25) is 11.7 Å². The lowest BCUT2D eigenvalue weighted by atomic mass is 9.97. The van der Waals surface area contributed by atoms with E-state index in [1.165, 1.54) is 12.8 Å². The van der Waals surface area contributed by atoms with E-state index in [4.69, 9.17) is 20.9 Å². The zero-order valence-electron chi connectivity index (χ0n) is 14.8. The van der Waals surface area contributed by atoms with Gasteiger partial charge in [-0.15, -0.1) is 0 Å². The Kier molecular flexibility index (Phi) is 5.79. The smallest absolute Gasteiger partial charge is 0.241 e. The van der Waals surface area contributed by atoms with Gasteiger partial charge in [-0.05, 0) is 37.4 Å². The molecule has 0 radical (unpaired) electrons. The predicted molar refractivity (Wildman–Crippen MR) is 97.8 cm³/mol. The fraction of sp³-hybridized carbons (Fsp3) is 0.611. The van der Waals surface area contributed by atoms with Crippen molar-refractivity contribution in [1.82, 2.24) is 24.9 Å². The van der Waals surface area contributed by atoms with Crippen molar-refractivity contribution in [2.45, 2.75) is 19.4 Å². The van der Waals surface area contributed by atoms with Crippen molar-refractivity contribution in [1.29, 1.82) is 0 Å². The molecule has 0 aliphatic carbocycles. The van der Waals surface area contributed by atoms with Gasteiger partial charge in [0, 0.05) is 32.4 Å². The third-order valence-corrected chi connectivity index (χ3v) is 5.35. The minimum Gasteiger partial charge on any atom is -0.379 e. The van der Waals surface area contributed by atoms with E-state index in [0.717, 1.165) is 45.9 Å². The number of rotatable bonds is 5. The summed E-state index contributed by atoms with van der Waals surface area (Å²) >= 11 is 6.11. The molecular formula is C18H24ClN5O2. The second kappa shape index (κ2) is 8.43. The van der Waals surface area contributed by atoms with E-state index >= 15 is 0 Å². The molecule has 26 heavy (non-hydrogen) atoms. The molecule has 2 saturated heterocycles. The zero-order chi connectivity index (χ0) is 17.8. The second-order valence-electron chi connectivity index (χ2n) is 7.01. The number of piperidine rings is 1. The van der Waals surface area contributed by atoms with Gasteiger partial charge in [-0.3, -0.25) is 9.80 Å². The second-order valence-corrected chi connectivity index (χ2v) is 7.37. The van der Waals surface area contributed by atoms with Crippen molar-refractivity contribution in [3.05, 3.63) is 29.4 Å². The lowest BCUT2D eigenvalue weighted by Crippen LogP contribution is -2.44. The molecule has 2 aliphatic rings. The average Bonchev–Trinajstić information content (AvgIpc) is 3.11. The van der Waals surface area contributed by atoms with Crippen LogP contribution in [0.4, 0.5) is 0 Å². The van der Waals surface area contributed by atoms with Crippen molar-refractivity contribution >= 4 is 11.6 Å².